The molecule has 0 radical (unpaired) electrons. The molecule has 2 aromatic carbocycles. The van der Waals surface area contributed by atoms with Crippen molar-refractivity contribution in [3.63, 3.8) is 0 Å². The maximum Gasteiger partial charge on any atom is 0.278 e. The van der Waals surface area contributed by atoms with Crippen molar-refractivity contribution in [3.05, 3.63) is 94.9 Å². The van der Waals surface area contributed by atoms with Gasteiger partial charge in [-0.05, 0) is 42.3 Å². The standard InChI is InChI=1S/C24H26N2O2Si/c1-28-19-13-11-18(12-14-19)17-22(29(2,3)4)23-20-9-5-6-10-21(20)24(27)26(23)25-15-7-8-16-25/h5-16H,17H2,1-4H3/b23-22-. The van der Waals surface area contributed by atoms with Gasteiger partial charge in [0, 0.05) is 18.0 Å². The van der Waals surface area contributed by atoms with E-state index in [1.165, 1.54) is 10.8 Å². The number of carbonyl (C=O) groups excluding carboxylic acids is 1. The van der Waals surface area contributed by atoms with Crippen LogP contribution in [0.25, 0.3) is 5.70 Å². The molecular formula is C24H26N2O2Si. The van der Waals surface area contributed by atoms with E-state index in [-0.39, 0.29) is 5.91 Å². The molecular weight excluding hydrogens is 376 g/mol. The normalized spacial score (nSPS) is 15.4. The summed E-state index contributed by atoms with van der Waals surface area (Å²) in [4.78, 5) is 13.3. The number of fused-ring (bicyclic) bond motifs is 1. The van der Waals surface area contributed by atoms with Crippen LogP contribution in [0.5, 0.6) is 5.75 Å². The molecule has 1 aliphatic heterocycles. The molecule has 1 aliphatic rings. The number of rotatable bonds is 5. The minimum absolute atomic E-state index is 0.0253. The van der Waals surface area contributed by atoms with Gasteiger partial charge in [-0.25, -0.2) is 5.01 Å². The fourth-order valence-electron chi connectivity index (χ4n) is 3.83. The third-order valence-electron chi connectivity index (χ3n) is 5.37. The van der Waals surface area contributed by atoms with E-state index in [4.69, 9.17) is 4.74 Å². The van der Waals surface area contributed by atoms with E-state index >= 15 is 0 Å². The number of benzene rings is 2. The first kappa shape index (κ1) is 19.3. The Hall–Kier alpha value is -3.05. The first-order valence-electron chi connectivity index (χ1n) is 9.84. The highest BCUT2D eigenvalue weighted by molar-refractivity contribution is 6.84. The highest BCUT2D eigenvalue weighted by atomic mass is 28.3. The van der Waals surface area contributed by atoms with Crippen molar-refractivity contribution in [3.8, 4) is 5.75 Å². The van der Waals surface area contributed by atoms with Gasteiger partial charge in [0.25, 0.3) is 5.91 Å². The summed E-state index contributed by atoms with van der Waals surface area (Å²) in [6, 6.07) is 20.1. The van der Waals surface area contributed by atoms with Gasteiger partial charge in [0.05, 0.1) is 26.4 Å². The van der Waals surface area contributed by atoms with Gasteiger partial charge in [-0.1, -0.05) is 55.2 Å². The van der Waals surface area contributed by atoms with Crippen LogP contribution in [-0.4, -0.2) is 25.8 Å². The Labute approximate surface area is 173 Å². The zero-order valence-electron chi connectivity index (χ0n) is 17.3. The van der Waals surface area contributed by atoms with Crippen LogP contribution in [0.2, 0.25) is 19.6 Å². The molecule has 0 aliphatic carbocycles. The van der Waals surface area contributed by atoms with Crippen molar-refractivity contribution >= 4 is 19.7 Å². The smallest absolute Gasteiger partial charge is 0.278 e. The molecule has 0 fully saturated rings. The van der Waals surface area contributed by atoms with Crippen molar-refractivity contribution < 1.29 is 9.53 Å². The lowest BCUT2D eigenvalue weighted by atomic mass is 10.1. The third kappa shape index (κ3) is 3.54. The lowest BCUT2D eigenvalue weighted by molar-refractivity contribution is 0.0984. The number of ether oxygens (including phenoxy) is 1. The van der Waals surface area contributed by atoms with E-state index in [1.54, 1.807) is 7.11 Å². The van der Waals surface area contributed by atoms with Crippen molar-refractivity contribution in [2.75, 3.05) is 12.1 Å². The molecule has 1 amide bonds. The maximum atomic E-state index is 13.3. The van der Waals surface area contributed by atoms with Gasteiger partial charge in [0.15, 0.2) is 0 Å². The fourth-order valence-corrected chi connectivity index (χ4v) is 5.51. The van der Waals surface area contributed by atoms with Gasteiger partial charge in [-0.15, -0.1) is 0 Å². The Morgan fingerprint density at radius 1 is 0.897 bits per heavy atom. The predicted molar refractivity (Wildman–Crippen MR) is 120 cm³/mol. The summed E-state index contributed by atoms with van der Waals surface area (Å²) >= 11 is 0. The molecule has 0 atom stereocenters. The molecule has 0 bridgehead atoms. The number of amides is 1. The largest absolute Gasteiger partial charge is 0.497 e. The first-order chi connectivity index (χ1) is 13.9. The Morgan fingerprint density at radius 2 is 1.52 bits per heavy atom. The summed E-state index contributed by atoms with van der Waals surface area (Å²) in [6.45, 7) is 7.04. The summed E-state index contributed by atoms with van der Waals surface area (Å²) in [5.41, 5.74) is 4.05. The quantitative estimate of drug-likeness (QED) is 0.555. The van der Waals surface area contributed by atoms with Gasteiger partial charge in [-0.2, -0.15) is 0 Å². The molecule has 29 heavy (non-hydrogen) atoms. The zero-order valence-corrected chi connectivity index (χ0v) is 18.3. The highest BCUT2D eigenvalue weighted by Gasteiger charge is 2.38. The average Bonchev–Trinajstić information content (AvgIpc) is 3.32. The maximum absolute atomic E-state index is 13.3. The Bertz CT molecular complexity index is 1060. The predicted octanol–water partition coefficient (Wildman–Crippen LogP) is 5.12. The minimum Gasteiger partial charge on any atom is -0.497 e. The number of carbonyl (C=O) groups is 1. The number of allylic oxidation sites excluding steroid dienone is 1. The van der Waals surface area contributed by atoms with Crippen LogP contribution in [0.4, 0.5) is 0 Å². The molecule has 0 unspecified atom stereocenters. The van der Waals surface area contributed by atoms with Crippen LogP contribution >= 0.6 is 0 Å². The van der Waals surface area contributed by atoms with Gasteiger partial charge in [0.1, 0.15) is 5.75 Å². The molecule has 0 saturated heterocycles. The van der Waals surface area contributed by atoms with Crippen LogP contribution in [0, 0.1) is 0 Å². The molecule has 5 heteroatoms. The van der Waals surface area contributed by atoms with E-state index in [0.29, 0.717) is 0 Å². The van der Waals surface area contributed by atoms with Crippen LogP contribution in [0.15, 0.2) is 78.3 Å². The second-order valence-electron chi connectivity index (χ2n) is 8.33. The van der Waals surface area contributed by atoms with Gasteiger partial charge in [-0.3, -0.25) is 9.47 Å². The van der Waals surface area contributed by atoms with Crippen LogP contribution in [0.3, 0.4) is 0 Å². The molecule has 4 rings (SSSR count). The van der Waals surface area contributed by atoms with Gasteiger partial charge in [0.2, 0.25) is 0 Å². The van der Waals surface area contributed by atoms with E-state index < -0.39 is 8.07 Å². The molecule has 0 N–H and O–H groups in total. The summed E-state index contributed by atoms with van der Waals surface area (Å²) in [6.07, 6.45) is 4.67. The zero-order chi connectivity index (χ0) is 20.6. The number of nitrogens with zero attached hydrogens (tertiary/aromatic N) is 2. The van der Waals surface area contributed by atoms with Crippen LogP contribution < -0.4 is 9.75 Å². The molecule has 148 valence electrons. The Kier molecular flexibility index (Phi) is 4.92. The molecule has 2 heterocycles. The minimum atomic E-state index is -1.77. The summed E-state index contributed by atoms with van der Waals surface area (Å²) in [7, 11) is -0.0865. The van der Waals surface area contributed by atoms with Crippen molar-refractivity contribution in [2.45, 2.75) is 26.1 Å². The van der Waals surface area contributed by atoms with Gasteiger partial charge < -0.3 is 4.74 Å². The topological polar surface area (TPSA) is 34.5 Å². The Balaban J connectivity index is 1.92. The van der Waals surface area contributed by atoms with E-state index in [9.17, 15) is 4.79 Å². The molecule has 0 spiro atoms. The van der Waals surface area contributed by atoms with Crippen LogP contribution in [-0.2, 0) is 6.42 Å². The number of aromatic nitrogens is 1. The summed E-state index contributed by atoms with van der Waals surface area (Å²) in [5.74, 6) is 0.878. The molecule has 1 aromatic heterocycles. The fraction of sp³-hybridized carbons (Fsp3) is 0.208. The molecule has 4 nitrogen and oxygen atoms in total. The Morgan fingerprint density at radius 3 is 2.10 bits per heavy atom. The van der Waals surface area contributed by atoms with E-state index in [1.807, 2.05) is 64.5 Å². The monoisotopic (exact) mass is 402 g/mol. The molecule has 3 aromatic rings. The lowest BCUT2D eigenvalue weighted by Crippen LogP contribution is -2.37. The second-order valence-corrected chi connectivity index (χ2v) is 13.4. The van der Waals surface area contributed by atoms with E-state index in [0.717, 1.165) is 29.0 Å². The van der Waals surface area contributed by atoms with Gasteiger partial charge >= 0.3 is 0 Å². The third-order valence-corrected chi connectivity index (χ3v) is 7.59. The number of methoxy groups -OCH3 is 1. The first-order valence-corrected chi connectivity index (χ1v) is 13.3. The van der Waals surface area contributed by atoms with Crippen LogP contribution in [0.1, 0.15) is 21.5 Å². The highest BCUT2D eigenvalue weighted by Crippen LogP contribution is 2.38. The number of hydrogen-bond acceptors (Lipinski definition) is 2. The second kappa shape index (κ2) is 7.41. The van der Waals surface area contributed by atoms with Crippen molar-refractivity contribution in [1.82, 2.24) is 4.68 Å². The SMILES string of the molecule is COc1ccc(C/C(=C2\c3ccccc3C(=O)N2n2cccc2)[Si](C)(C)C)cc1. The molecule has 0 saturated carbocycles. The summed E-state index contributed by atoms with van der Waals surface area (Å²) < 4.78 is 7.20. The average molecular weight is 403 g/mol. The van der Waals surface area contributed by atoms with Crippen molar-refractivity contribution in [2.24, 2.45) is 0 Å². The number of hydrogen-bond donors (Lipinski definition) is 0. The summed E-state index contributed by atoms with van der Waals surface area (Å²) in [5, 5.41) is 3.19. The van der Waals surface area contributed by atoms with Crippen molar-refractivity contribution in [1.29, 1.82) is 0 Å². The van der Waals surface area contributed by atoms with E-state index in [2.05, 4.69) is 37.8 Å². The lowest BCUT2D eigenvalue weighted by Gasteiger charge is -2.29.